The Morgan fingerprint density at radius 1 is 0.967 bits per heavy atom. The highest BCUT2D eigenvalue weighted by atomic mass is 35.5. The van der Waals surface area contributed by atoms with Crippen molar-refractivity contribution in [2.45, 2.75) is 24.4 Å². The number of rotatable bonds is 3. The zero-order chi connectivity index (χ0) is 22.3. The van der Waals surface area contributed by atoms with Crippen molar-refractivity contribution in [3.8, 4) is 0 Å². The molecule has 2 aromatic carbocycles. The van der Waals surface area contributed by atoms with E-state index in [4.69, 9.17) is 39.6 Å². The van der Waals surface area contributed by atoms with Crippen molar-refractivity contribution >= 4 is 51.4 Å². The molecule has 0 aromatic heterocycles. The van der Waals surface area contributed by atoms with Gasteiger partial charge in [-0.1, -0.05) is 52.1 Å². The van der Waals surface area contributed by atoms with Gasteiger partial charge in [0.1, 0.15) is 0 Å². The highest BCUT2D eigenvalue weighted by Crippen LogP contribution is 2.49. The van der Waals surface area contributed by atoms with Crippen molar-refractivity contribution < 1.29 is 31.2 Å². The fourth-order valence-corrected chi connectivity index (χ4v) is 3.37. The van der Waals surface area contributed by atoms with Crippen LogP contribution in [0.3, 0.4) is 0 Å². The number of aliphatic imine (C=N–C) groups is 1. The Balaban J connectivity index is 1.91. The SMILES string of the molecule is FC(F)(F)C(Cl)=Nc1ccc(C2=NOC(c3cc(Cl)cc(Cl)c3)(C(F)(F)F)C2)cc1. The summed E-state index contributed by atoms with van der Waals surface area (Å²) in [6.07, 6.45) is -10.4. The van der Waals surface area contributed by atoms with Crippen LogP contribution < -0.4 is 0 Å². The molecule has 0 radical (unpaired) electrons. The molecular formula is C18H9Cl3F6N2O. The monoisotopic (exact) mass is 488 g/mol. The smallest absolute Gasteiger partial charge is 0.374 e. The highest BCUT2D eigenvalue weighted by molar-refractivity contribution is 6.67. The Kier molecular flexibility index (Phi) is 6.01. The van der Waals surface area contributed by atoms with E-state index in [1.165, 1.54) is 18.2 Å². The van der Waals surface area contributed by atoms with Gasteiger partial charge in [-0.2, -0.15) is 26.3 Å². The van der Waals surface area contributed by atoms with Crippen molar-refractivity contribution in [2.75, 3.05) is 0 Å². The number of benzene rings is 2. The standard InChI is InChI=1S/C18H9Cl3F6N2O/c19-11-5-10(6-12(20)7-11)16(18(25,26)27)8-14(29-30-16)9-1-3-13(4-2-9)28-15(21)17(22,23)24/h1-7H,8H2. The van der Waals surface area contributed by atoms with E-state index >= 15 is 0 Å². The van der Waals surface area contributed by atoms with Crippen LogP contribution in [0.15, 0.2) is 52.6 Å². The molecule has 12 heteroatoms. The van der Waals surface area contributed by atoms with Gasteiger partial charge >= 0.3 is 12.4 Å². The molecule has 0 fully saturated rings. The van der Waals surface area contributed by atoms with Gasteiger partial charge in [0, 0.05) is 22.0 Å². The zero-order valence-electron chi connectivity index (χ0n) is 14.5. The minimum Gasteiger partial charge on any atom is -0.374 e. The number of halogens is 9. The normalized spacial score (nSPS) is 20.2. The van der Waals surface area contributed by atoms with Crippen LogP contribution in [-0.4, -0.2) is 23.2 Å². The maximum Gasteiger partial charge on any atom is 0.444 e. The summed E-state index contributed by atoms with van der Waals surface area (Å²) in [4.78, 5) is 8.07. The second-order valence-corrected chi connectivity index (χ2v) is 7.47. The lowest BCUT2D eigenvalue weighted by Gasteiger charge is -2.29. The van der Waals surface area contributed by atoms with Gasteiger partial charge < -0.3 is 4.84 Å². The summed E-state index contributed by atoms with van der Waals surface area (Å²) in [5.41, 5.74) is -3.14. The van der Waals surface area contributed by atoms with Gasteiger partial charge in [0.15, 0.2) is 0 Å². The van der Waals surface area contributed by atoms with E-state index in [9.17, 15) is 26.3 Å². The topological polar surface area (TPSA) is 34.0 Å². The molecule has 2 aromatic rings. The van der Waals surface area contributed by atoms with E-state index in [0.717, 1.165) is 24.3 Å². The summed E-state index contributed by atoms with van der Waals surface area (Å²) in [6.45, 7) is 0. The molecule has 1 aliphatic rings. The van der Waals surface area contributed by atoms with Crippen molar-refractivity contribution in [1.82, 2.24) is 0 Å². The number of nitrogens with zero attached hydrogens (tertiary/aromatic N) is 2. The molecule has 30 heavy (non-hydrogen) atoms. The van der Waals surface area contributed by atoms with E-state index in [0.29, 0.717) is 0 Å². The number of hydrogen-bond donors (Lipinski definition) is 0. The first kappa shape index (κ1) is 22.7. The van der Waals surface area contributed by atoms with Crippen molar-refractivity contribution in [2.24, 2.45) is 10.1 Å². The van der Waals surface area contributed by atoms with E-state index in [1.807, 2.05) is 0 Å². The van der Waals surface area contributed by atoms with Crippen LogP contribution in [0.25, 0.3) is 0 Å². The Morgan fingerprint density at radius 3 is 2.03 bits per heavy atom. The second kappa shape index (κ2) is 7.94. The molecule has 0 saturated carbocycles. The predicted octanol–water partition coefficient (Wildman–Crippen LogP) is 7.41. The third-order valence-electron chi connectivity index (χ3n) is 4.18. The van der Waals surface area contributed by atoms with E-state index in [2.05, 4.69) is 10.1 Å². The van der Waals surface area contributed by atoms with Gasteiger partial charge in [0.25, 0.3) is 5.60 Å². The lowest BCUT2D eigenvalue weighted by atomic mass is 9.86. The molecule has 0 saturated heterocycles. The molecular weight excluding hydrogens is 481 g/mol. The van der Waals surface area contributed by atoms with Crippen molar-refractivity contribution in [3.05, 3.63) is 63.6 Å². The molecule has 1 atom stereocenters. The van der Waals surface area contributed by atoms with Gasteiger partial charge in [0.05, 0.1) is 11.4 Å². The van der Waals surface area contributed by atoms with Crippen LogP contribution >= 0.6 is 34.8 Å². The van der Waals surface area contributed by atoms with Gasteiger partial charge in [-0.05, 0) is 35.9 Å². The minimum absolute atomic E-state index is 0.0121. The van der Waals surface area contributed by atoms with Gasteiger partial charge in [-0.25, -0.2) is 4.99 Å². The average Bonchev–Trinajstić information content (AvgIpc) is 3.07. The minimum atomic E-state index is -4.86. The molecule has 0 N–H and O–H groups in total. The molecule has 0 bridgehead atoms. The molecule has 0 amide bonds. The summed E-state index contributed by atoms with van der Waals surface area (Å²) in [6, 6.07) is 8.29. The Morgan fingerprint density at radius 2 is 1.53 bits per heavy atom. The molecule has 0 aliphatic carbocycles. The molecule has 160 valence electrons. The van der Waals surface area contributed by atoms with Crippen LogP contribution in [-0.2, 0) is 10.4 Å². The summed E-state index contributed by atoms with van der Waals surface area (Å²) in [5, 5.41) is 1.96. The number of hydrogen-bond acceptors (Lipinski definition) is 3. The quantitative estimate of drug-likeness (QED) is 0.327. The summed E-state index contributed by atoms with van der Waals surface area (Å²) >= 11 is 16.7. The van der Waals surface area contributed by atoms with E-state index in [1.54, 1.807) is 0 Å². The summed E-state index contributed by atoms with van der Waals surface area (Å²) in [5.74, 6) is 0. The van der Waals surface area contributed by atoms with E-state index < -0.39 is 29.5 Å². The third kappa shape index (κ3) is 4.53. The molecule has 0 spiro atoms. The Labute approximate surface area is 180 Å². The number of alkyl halides is 6. The molecule has 3 rings (SSSR count). The van der Waals surface area contributed by atoms with Gasteiger partial charge in [0.2, 0.25) is 5.17 Å². The molecule has 1 unspecified atom stereocenters. The molecule has 3 nitrogen and oxygen atoms in total. The van der Waals surface area contributed by atoms with Crippen LogP contribution in [0.5, 0.6) is 0 Å². The van der Waals surface area contributed by atoms with Crippen LogP contribution in [0.2, 0.25) is 10.0 Å². The summed E-state index contributed by atoms with van der Waals surface area (Å²) < 4.78 is 79.2. The van der Waals surface area contributed by atoms with Crippen molar-refractivity contribution in [3.63, 3.8) is 0 Å². The first-order chi connectivity index (χ1) is 13.8. The second-order valence-electron chi connectivity index (χ2n) is 6.24. The first-order valence-electron chi connectivity index (χ1n) is 8.02. The summed E-state index contributed by atoms with van der Waals surface area (Å²) in [7, 11) is 0. The first-order valence-corrected chi connectivity index (χ1v) is 9.15. The maximum atomic E-state index is 13.9. The Hall–Kier alpha value is -1.97. The maximum absolute atomic E-state index is 13.9. The molecule has 1 aliphatic heterocycles. The van der Waals surface area contributed by atoms with E-state index in [-0.39, 0.29) is 32.6 Å². The third-order valence-corrected chi connectivity index (χ3v) is 4.91. The highest BCUT2D eigenvalue weighted by Gasteiger charge is 2.62. The van der Waals surface area contributed by atoms with Crippen molar-refractivity contribution in [1.29, 1.82) is 0 Å². The fraction of sp³-hybridized carbons (Fsp3) is 0.222. The Bertz CT molecular complexity index is 998. The number of oxime groups is 1. The van der Waals surface area contributed by atoms with Crippen LogP contribution in [0.4, 0.5) is 32.0 Å². The fourth-order valence-electron chi connectivity index (χ4n) is 2.75. The van der Waals surface area contributed by atoms with Crippen LogP contribution in [0, 0.1) is 0 Å². The molecule has 1 heterocycles. The largest absolute Gasteiger partial charge is 0.444 e. The lowest BCUT2D eigenvalue weighted by molar-refractivity contribution is -0.275. The van der Waals surface area contributed by atoms with Gasteiger partial charge in [-0.15, -0.1) is 0 Å². The average molecular weight is 490 g/mol. The predicted molar refractivity (Wildman–Crippen MR) is 102 cm³/mol. The van der Waals surface area contributed by atoms with Crippen LogP contribution in [0.1, 0.15) is 17.5 Å². The lowest BCUT2D eigenvalue weighted by Crippen LogP contribution is -2.42. The zero-order valence-corrected chi connectivity index (χ0v) is 16.7. The van der Waals surface area contributed by atoms with Gasteiger partial charge in [-0.3, -0.25) is 0 Å².